The third kappa shape index (κ3) is 2.40. The maximum absolute atomic E-state index is 5.95. The fraction of sp³-hybridized carbons (Fsp3) is 0.462. The molecule has 2 N–H and O–H groups in total. The van der Waals surface area contributed by atoms with Gasteiger partial charge in [-0.3, -0.25) is 0 Å². The first kappa shape index (κ1) is 13.1. The van der Waals surface area contributed by atoms with Crippen LogP contribution < -0.4 is 15.5 Å². The summed E-state index contributed by atoms with van der Waals surface area (Å²) in [5.74, 6) is 1.58. The minimum absolute atomic E-state index is 0.597. The molecule has 1 fully saturated rings. The number of nitrogens with zero attached hydrogens (tertiary/aromatic N) is 5. The molecule has 0 aliphatic carbocycles. The van der Waals surface area contributed by atoms with E-state index in [9.17, 15) is 0 Å². The molecule has 0 amide bonds. The molecular weight excluding hydrogens is 272 g/mol. The van der Waals surface area contributed by atoms with Crippen molar-refractivity contribution in [2.24, 2.45) is 0 Å². The molecule has 1 saturated heterocycles. The SMILES string of the molecule is CCc1c(N)ncnc1N1CCN(c2nccs2)CC1. The molecule has 3 heterocycles. The Labute approximate surface area is 122 Å². The fourth-order valence-corrected chi connectivity index (χ4v) is 3.21. The lowest BCUT2D eigenvalue weighted by molar-refractivity contribution is 0.643. The van der Waals surface area contributed by atoms with Gasteiger partial charge in [0.25, 0.3) is 0 Å². The lowest BCUT2D eigenvalue weighted by Crippen LogP contribution is -2.47. The van der Waals surface area contributed by atoms with E-state index in [2.05, 4.69) is 31.7 Å². The Morgan fingerprint density at radius 2 is 1.90 bits per heavy atom. The molecule has 0 saturated carbocycles. The molecule has 0 spiro atoms. The van der Waals surface area contributed by atoms with Crippen molar-refractivity contribution in [3.05, 3.63) is 23.5 Å². The van der Waals surface area contributed by atoms with E-state index in [0.29, 0.717) is 5.82 Å². The van der Waals surface area contributed by atoms with E-state index in [0.717, 1.165) is 49.1 Å². The van der Waals surface area contributed by atoms with Crippen molar-refractivity contribution in [3.63, 3.8) is 0 Å². The summed E-state index contributed by atoms with van der Waals surface area (Å²) in [7, 11) is 0. The van der Waals surface area contributed by atoms with Crippen molar-refractivity contribution in [2.75, 3.05) is 41.7 Å². The van der Waals surface area contributed by atoms with Gasteiger partial charge in [0.1, 0.15) is 18.0 Å². The summed E-state index contributed by atoms with van der Waals surface area (Å²) < 4.78 is 0. The number of nitrogen functional groups attached to an aromatic ring is 1. The van der Waals surface area contributed by atoms with Crippen molar-refractivity contribution < 1.29 is 0 Å². The standard InChI is InChI=1S/C13H18N6S/c1-2-10-11(14)16-9-17-12(10)18-4-6-19(7-5-18)13-15-3-8-20-13/h3,8-9H,2,4-7H2,1H3,(H2,14,16,17). The molecular formula is C13H18N6S. The summed E-state index contributed by atoms with van der Waals surface area (Å²) in [5.41, 5.74) is 7.00. The van der Waals surface area contributed by atoms with Gasteiger partial charge in [-0.15, -0.1) is 11.3 Å². The van der Waals surface area contributed by atoms with E-state index in [1.165, 1.54) is 0 Å². The van der Waals surface area contributed by atoms with Crippen LogP contribution in [0.5, 0.6) is 0 Å². The van der Waals surface area contributed by atoms with Gasteiger partial charge < -0.3 is 15.5 Å². The maximum Gasteiger partial charge on any atom is 0.185 e. The summed E-state index contributed by atoms with van der Waals surface area (Å²) in [6, 6.07) is 0. The van der Waals surface area contributed by atoms with Gasteiger partial charge >= 0.3 is 0 Å². The summed E-state index contributed by atoms with van der Waals surface area (Å²) in [6.07, 6.45) is 4.26. The number of piperazine rings is 1. The highest BCUT2D eigenvalue weighted by molar-refractivity contribution is 7.13. The third-order valence-corrected chi connectivity index (χ3v) is 4.41. The first-order valence-electron chi connectivity index (χ1n) is 6.78. The van der Waals surface area contributed by atoms with Gasteiger partial charge in [0.15, 0.2) is 5.13 Å². The van der Waals surface area contributed by atoms with Crippen molar-refractivity contribution in [3.8, 4) is 0 Å². The van der Waals surface area contributed by atoms with Crippen molar-refractivity contribution >= 4 is 28.1 Å². The average Bonchev–Trinajstić information content (AvgIpc) is 3.01. The molecule has 7 heteroatoms. The molecule has 0 atom stereocenters. The summed E-state index contributed by atoms with van der Waals surface area (Å²) in [5, 5.41) is 3.12. The highest BCUT2D eigenvalue weighted by Gasteiger charge is 2.22. The van der Waals surface area contributed by atoms with Crippen LogP contribution in [0.4, 0.5) is 16.8 Å². The Hall–Kier alpha value is -1.89. The molecule has 2 aromatic rings. The third-order valence-electron chi connectivity index (χ3n) is 3.58. The van der Waals surface area contributed by atoms with Crippen LogP contribution in [0.2, 0.25) is 0 Å². The molecule has 1 aliphatic rings. The number of aromatic nitrogens is 3. The van der Waals surface area contributed by atoms with Crippen molar-refractivity contribution in [2.45, 2.75) is 13.3 Å². The highest BCUT2D eigenvalue weighted by Crippen LogP contribution is 2.25. The molecule has 0 aromatic carbocycles. The lowest BCUT2D eigenvalue weighted by atomic mass is 10.2. The fourth-order valence-electron chi connectivity index (χ4n) is 2.51. The van der Waals surface area contributed by atoms with Gasteiger partial charge in [-0.1, -0.05) is 6.92 Å². The van der Waals surface area contributed by atoms with Crippen LogP contribution in [0.15, 0.2) is 17.9 Å². The van der Waals surface area contributed by atoms with Gasteiger partial charge in [-0.2, -0.15) is 0 Å². The van der Waals surface area contributed by atoms with E-state index in [1.807, 2.05) is 11.6 Å². The number of hydrogen-bond acceptors (Lipinski definition) is 7. The van der Waals surface area contributed by atoms with Gasteiger partial charge in [-0.25, -0.2) is 15.0 Å². The summed E-state index contributed by atoms with van der Waals surface area (Å²) in [6.45, 7) is 5.87. The van der Waals surface area contributed by atoms with Crippen LogP contribution in [-0.2, 0) is 6.42 Å². The Kier molecular flexibility index (Phi) is 3.68. The van der Waals surface area contributed by atoms with E-state index >= 15 is 0 Å². The Morgan fingerprint density at radius 3 is 2.55 bits per heavy atom. The summed E-state index contributed by atoms with van der Waals surface area (Å²) in [4.78, 5) is 17.5. The minimum Gasteiger partial charge on any atom is -0.383 e. The number of anilines is 3. The van der Waals surface area contributed by atoms with Crippen LogP contribution in [-0.4, -0.2) is 41.1 Å². The minimum atomic E-state index is 0.597. The van der Waals surface area contributed by atoms with Crippen LogP contribution in [0.25, 0.3) is 0 Å². The summed E-state index contributed by atoms with van der Waals surface area (Å²) >= 11 is 1.69. The van der Waals surface area contributed by atoms with E-state index in [4.69, 9.17) is 5.73 Å². The maximum atomic E-state index is 5.95. The Morgan fingerprint density at radius 1 is 1.15 bits per heavy atom. The number of nitrogens with two attached hydrogens (primary N) is 1. The largest absolute Gasteiger partial charge is 0.383 e. The zero-order valence-corrected chi connectivity index (χ0v) is 12.3. The molecule has 106 valence electrons. The Bertz CT molecular complexity index is 562. The number of thiazole rings is 1. The molecule has 1 aliphatic heterocycles. The second-order valence-corrected chi connectivity index (χ2v) is 5.58. The van der Waals surface area contributed by atoms with Gasteiger partial charge in [0.2, 0.25) is 0 Å². The van der Waals surface area contributed by atoms with Gasteiger partial charge in [-0.05, 0) is 6.42 Å². The van der Waals surface area contributed by atoms with Crippen LogP contribution in [0, 0.1) is 0 Å². The normalized spacial score (nSPS) is 15.7. The number of rotatable bonds is 3. The second kappa shape index (κ2) is 5.62. The van der Waals surface area contributed by atoms with Crippen molar-refractivity contribution in [1.29, 1.82) is 0 Å². The highest BCUT2D eigenvalue weighted by atomic mass is 32.1. The smallest absolute Gasteiger partial charge is 0.185 e. The Balaban J connectivity index is 1.74. The first-order valence-corrected chi connectivity index (χ1v) is 7.66. The van der Waals surface area contributed by atoms with Crippen LogP contribution in [0.3, 0.4) is 0 Å². The molecule has 3 rings (SSSR count). The molecule has 2 aromatic heterocycles. The molecule has 0 radical (unpaired) electrons. The molecule has 20 heavy (non-hydrogen) atoms. The molecule has 0 unspecified atom stereocenters. The zero-order valence-electron chi connectivity index (χ0n) is 11.5. The van der Waals surface area contributed by atoms with Crippen molar-refractivity contribution in [1.82, 2.24) is 15.0 Å². The monoisotopic (exact) mass is 290 g/mol. The topological polar surface area (TPSA) is 71.2 Å². The van der Waals surface area contributed by atoms with Gasteiger partial charge in [0.05, 0.1) is 0 Å². The van der Waals surface area contributed by atoms with E-state index in [-0.39, 0.29) is 0 Å². The number of hydrogen-bond donors (Lipinski definition) is 1. The lowest BCUT2D eigenvalue weighted by Gasteiger charge is -2.36. The zero-order chi connectivity index (χ0) is 13.9. The molecule has 0 bridgehead atoms. The average molecular weight is 290 g/mol. The first-order chi connectivity index (χ1) is 9.79. The quantitative estimate of drug-likeness (QED) is 0.921. The van der Waals surface area contributed by atoms with Crippen LogP contribution >= 0.6 is 11.3 Å². The van der Waals surface area contributed by atoms with Gasteiger partial charge in [0, 0.05) is 43.3 Å². The molecule has 6 nitrogen and oxygen atoms in total. The predicted molar refractivity (Wildman–Crippen MR) is 82.4 cm³/mol. The van der Waals surface area contributed by atoms with E-state index < -0.39 is 0 Å². The van der Waals surface area contributed by atoms with E-state index in [1.54, 1.807) is 17.7 Å². The second-order valence-electron chi connectivity index (χ2n) is 4.70. The van der Waals surface area contributed by atoms with Crippen LogP contribution in [0.1, 0.15) is 12.5 Å². The predicted octanol–water partition coefficient (Wildman–Crippen LogP) is 1.40.